The zero-order valence-corrected chi connectivity index (χ0v) is 6.82. The van der Waals surface area contributed by atoms with E-state index in [1.165, 1.54) is 25.7 Å². The molecule has 0 aromatic carbocycles. The third-order valence-corrected chi connectivity index (χ3v) is 2.37. The predicted octanol–water partition coefficient (Wildman–Crippen LogP) is 3.00. The van der Waals surface area contributed by atoms with Crippen LogP contribution in [-0.4, -0.2) is 5.71 Å². The highest BCUT2D eigenvalue weighted by atomic mass is 14.4. The second-order valence-electron chi connectivity index (χ2n) is 3.26. The highest BCUT2D eigenvalue weighted by Gasteiger charge is 2.18. The monoisotopic (exact) mass is 139 g/mol. The summed E-state index contributed by atoms with van der Waals surface area (Å²) in [4.78, 5) is 0. The van der Waals surface area contributed by atoms with Crippen LogP contribution in [0.4, 0.5) is 0 Å². The molecule has 58 valence electrons. The lowest BCUT2D eigenvalue weighted by molar-refractivity contribution is 0.700. The maximum absolute atomic E-state index is 7.69. The second-order valence-corrected chi connectivity index (χ2v) is 3.26. The van der Waals surface area contributed by atoms with Gasteiger partial charge in [-0.1, -0.05) is 26.2 Å². The van der Waals surface area contributed by atoms with Crippen molar-refractivity contribution in [1.82, 2.24) is 0 Å². The van der Waals surface area contributed by atoms with Gasteiger partial charge in [-0.3, -0.25) is 0 Å². The first kappa shape index (κ1) is 7.77. The van der Waals surface area contributed by atoms with Crippen LogP contribution in [0.2, 0.25) is 0 Å². The van der Waals surface area contributed by atoms with Crippen LogP contribution < -0.4 is 0 Å². The molecule has 1 aliphatic carbocycles. The Morgan fingerprint density at radius 1 is 1.40 bits per heavy atom. The van der Waals surface area contributed by atoms with Gasteiger partial charge in [0.2, 0.25) is 0 Å². The van der Waals surface area contributed by atoms with E-state index in [1.807, 2.05) is 0 Å². The topological polar surface area (TPSA) is 23.9 Å². The van der Waals surface area contributed by atoms with Gasteiger partial charge in [0.15, 0.2) is 0 Å². The molecular weight excluding hydrogens is 122 g/mol. The first-order chi connectivity index (χ1) is 4.84. The van der Waals surface area contributed by atoms with Crippen molar-refractivity contribution in [3.05, 3.63) is 0 Å². The molecule has 1 aliphatic rings. The van der Waals surface area contributed by atoms with Gasteiger partial charge in [0.25, 0.3) is 0 Å². The molecule has 0 radical (unpaired) electrons. The van der Waals surface area contributed by atoms with Crippen molar-refractivity contribution in [1.29, 1.82) is 5.41 Å². The van der Waals surface area contributed by atoms with Crippen LogP contribution in [0, 0.1) is 11.3 Å². The van der Waals surface area contributed by atoms with E-state index < -0.39 is 0 Å². The van der Waals surface area contributed by atoms with Crippen LogP contribution in [0.5, 0.6) is 0 Å². The fourth-order valence-corrected chi connectivity index (χ4v) is 1.75. The minimum absolute atomic E-state index is 0.667. The lowest BCUT2D eigenvalue weighted by atomic mass is 9.98. The van der Waals surface area contributed by atoms with Crippen LogP contribution in [-0.2, 0) is 0 Å². The van der Waals surface area contributed by atoms with Crippen LogP contribution in [0.25, 0.3) is 0 Å². The van der Waals surface area contributed by atoms with Gasteiger partial charge in [0.05, 0.1) is 0 Å². The van der Waals surface area contributed by atoms with Crippen LogP contribution >= 0.6 is 0 Å². The largest absolute Gasteiger partial charge is 0.309 e. The smallest absolute Gasteiger partial charge is 0.0120 e. The predicted molar refractivity (Wildman–Crippen MR) is 44.6 cm³/mol. The van der Waals surface area contributed by atoms with E-state index in [2.05, 4.69) is 6.92 Å². The summed E-state index contributed by atoms with van der Waals surface area (Å²) in [5, 5.41) is 7.69. The molecule has 1 nitrogen and oxygen atoms in total. The Morgan fingerprint density at radius 2 is 2.00 bits per heavy atom. The molecule has 0 bridgehead atoms. The van der Waals surface area contributed by atoms with Gasteiger partial charge in [-0.2, -0.15) is 0 Å². The highest BCUT2D eigenvalue weighted by Crippen LogP contribution is 2.26. The molecule has 10 heavy (non-hydrogen) atoms. The summed E-state index contributed by atoms with van der Waals surface area (Å²) in [6.07, 6.45) is 7.48. The maximum atomic E-state index is 7.69. The van der Waals surface area contributed by atoms with Crippen LogP contribution in [0.1, 0.15) is 45.4 Å². The second kappa shape index (κ2) is 3.75. The van der Waals surface area contributed by atoms with E-state index in [0.29, 0.717) is 5.92 Å². The van der Waals surface area contributed by atoms with Gasteiger partial charge < -0.3 is 5.41 Å². The lowest BCUT2D eigenvalue weighted by Crippen LogP contribution is -2.08. The van der Waals surface area contributed by atoms with Gasteiger partial charge in [0.1, 0.15) is 0 Å². The average Bonchev–Trinajstić information content (AvgIpc) is 2.38. The summed E-state index contributed by atoms with van der Waals surface area (Å²) in [5.74, 6) is 0.667. The Labute approximate surface area is 63.3 Å². The molecule has 0 aliphatic heterocycles. The van der Waals surface area contributed by atoms with E-state index in [-0.39, 0.29) is 0 Å². The van der Waals surface area contributed by atoms with E-state index >= 15 is 0 Å². The first-order valence-corrected chi connectivity index (χ1v) is 4.42. The summed E-state index contributed by atoms with van der Waals surface area (Å²) in [5.41, 5.74) is 1.01. The number of hydrogen-bond donors (Lipinski definition) is 1. The Morgan fingerprint density at radius 3 is 2.50 bits per heavy atom. The highest BCUT2D eigenvalue weighted by molar-refractivity contribution is 5.83. The summed E-state index contributed by atoms with van der Waals surface area (Å²) in [6.45, 7) is 2.16. The number of hydrogen-bond acceptors (Lipinski definition) is 1. The summed E-state index contributed by atoms with van der Waals surface area (Å²) < 4.78 is 0. The zero-order valence-electron chi connectivity index (χ0n) is 6.82. The quantitative estimate of drug-likeness (QED) is 0.581. The molecule has 1 saturated carbocycles. The number of nitrogens with one attached hydrogen (secondary N) is 1. The molecule has 0 aromatic heterocycles. The van der Waals surface area contributed by atoms with Gasteiger partial charge in [0, 0.05) is 5.71 Å². The van der Waals surface area contributed by atoms with Crippen molar-refractivity contribution in [2.45, 2.75) is 45.4 Å². The molecule has 1 rings (SSSR count). The van der Waals surface area contributed by atoms with Crippen molar-refractivity contribution in [3.8, 4) is 0 Å². The van der Waals surface area contributed by atoms with E-state index in [0.717, 1.165) is 18.6 Å². The fourth-order valence-electron chi connectivity index (χ4n) is 1.75. The van der Waals surface area contributed by atoms with Crippen molar-refractivity contribution in [3.63, 3.8) is 0 Å². The molecule has 1 N–H and O–H groups in total. The van der Waals surface area contributed by atoms with E-state index in [9.17, 15) is 0 Å². The maximum Gasteiger partial charge on any atom is 0.0120 e. The van der Waals surface area contributed by atoms with Gasteiger partial charge in [-0.15, -0.1) is 0 Å². The lowest BCUT2D eigenvalue weighted by Gasteiger charge is -2.08. The summed E-state index contributed by atoms with van der Waals surface area (Å²) >= 11 is 0. The summed E-state index contributed by atoms with van der Waals surface area (Å²) in [6, 6.07) is 0. The number of rotatable bonds is 3. The van der Waals surface area contributed by atoms with Crippen molar-refractivity contribution in [2.75, 3.05) is 0 Å². The molecule has 1 heteroatoms. The van der Waals surface area contributed by atoms with Crippen molar-refractivity contribution < 1.29 is 0 Å². The Balaban J connectivity index is 2.25. The Bertz CT molecular complexity index is 112. The summed E-state index contributed by atoms with van der Waals surface area (Å²) in [7, 11) is 0. The van der Waals surface area contributed by atoms with Gasteiger partial charge in [-0.05, 0) is 25.2 Å². The molecule has 1 fully saturated rings. The molecule has 0 unspecified atom stereocenters. The molecule has 0 amide bonds. The minimum atomic E-state index is 0.667. The van der Waals surface area contributed by atoms with Crippen LogP contribution in [0.3, 0.4) is 0 Å². The van der Waals surface area contributed by atoms with Crippen LogP contribution in [0.15, 0.2) is 0 Å². The normalized spacial score (nSPS) is 19.7. The average molecular weight is 139 g/mol. The fraction of sp³-hybridized carbons (Fsp3) is 0.889. The van der Waals surface area contributed by atoms with Gasteiger partial charge in [-0.25, -0.2) is 0 Å². The third kappa shape index (κ3) is 1.83. The first-order valence-electron chi connectivity index (χ1n) is 4.42. The molecule has 0 aromatic rings. The molecule has 0 saturated heterocycles. The van der Waals surface area contributed by atoms with Crippen molar-refractivity contribution >= 4 is 5.71 Å². The molecule has 0 heterocycles. The minimum Gasteiger partial charge on any atom is -0.309 e. The SMILES string of the molecule is CCCC(=N)C1CCCC1. The Kier molecular flexibility index (Phi) is 2.91. The molecule has 0 atom stereocenters. The Hall–Kier alpha value is -0.330. The van der Waals surface area contributed by atoms with Gasteiger partial charge >= 0.3 is 0 Å². The van der Waals surface area contributed by atoms with E-state index in [1.54, 1.807) is 0 Å². The third-order valence-electron chi connectivity index (χ3n) is 2.37. The zero-order chi connectivity index (χ0) is 7.40. The standard InChI is InChI=1S/C9H17N/c1-2-5-9(10)8-6-3-4-7-8/h8,10H,2-7H2,1H3. The van der Waals surface area contributed by atoms with Crippen molar-refractivity contribution in [2.24, 2.45) is 5.92 Å². The molecular formula is C9H17N. The van der Waals surface area contributed by atoms with E-state index in [4.69, 9.17) is 5.41 Å². The molecule has 0 spiro atoms.